The fraction of sp³-hybridized carbons (Fsp3) is 0.714. The van der Waals surface area contributed by atoms with E-state index in [9.17, 15) is 4.79 Å². The third kappa shape index (κ3) is 3.93. The molecule has 0 radical (unpaired) electrons. The summed E-state index contributed by atoms with van der Waals surface area (Å²) in [5.74, 6) is 0.0676. The first-order chi connectivity index (χ1) is 9.08. The van der Waals surface area contributed by atoms with E-state index < -0.39 is 0 Å². The van der Waals surface area contributed by atoms with Gasteiger partial charge in [0, 0.05) is 25.0 Å². The highest BCUT2D eigenvalue weighted by molar-refractivity contribution is 7.09. The van der Waals surface area contributed by atoms with Crippen molar-refractivity contribution in [3.63, 3.8) is 0 Å². The van der Waals surface area contributed by atoms with Crippen molar-refractivity contribution in [3.05, 3.63) is 16.1 Å². The summed E-state index contributed by atoms with van der Waals surface area (Å²) in [6.07, 6.45) is 4.67. The summed E-state index contributed by atoms with van der Waals surface area (Å²) in [6, 6.07) is 0. The van der Waals surface area contributed by atoms with Gasteiger partial charge in [-0.15, -0.1) is 23.7 Å². The minimum absolute atomic E-state index is 0. The SMILES string of the molecule is CCCC1(C)CCCN(C(=O)c2csc(CN)n2)C1.Cl. The molecule has 1 unspecified atom stereocenters. The normalized spacial score (nSPS) is 22.4. The number of amides is 1. The smallest absolute Gasteiger partial charge is 0.273 e. The average Bonchev–Trinajstić information content (AvgIpc) is 2.86. The van der Waals surface area contributed by atoms with E-state index in [0.29, 0.717) is 12.2 Å². The van der Waals surface area contributed by atoms with Gasteiger partial charge in [-0.25, -0.2) is 4.98 Å². The molecule has 1 aliphatic heterocycles. The van der Waals surface area contributed by atoms with E-state index >= 15 is 0 Å². The maximum absolute atomic E-state index is 12.5. The van der Waals surface area contributed by atoms with Gasteiger partial charge in [0.15, 0.2) is 0 Å². The molecule has 0 aromatic carbocycles. The highest BCUT2D eigenvalue weighted by Crippen LogP contribution is 2.34. The first-order valence-electron chi connectivity index (χ1n) is 7.02. The minimum Gasteiger partial charge on any atom is -0.337 e. The first-order valence-corrected chi connectivity index (χ1v) is 7.90. The van der Waals surface area contributed by atoms with Crippen molar-refractivity contribution in [2.75, 3.05) is 13.1 Å². The van der Waals surface area contributed by atoms with E-state index in [-0.39, 0.29) is 23.7 Å². The summed E-state index contributed by atoms with van der Waals surface area (Å²) in [5.41, 5.74) is 6.38. The van der Waals surface area contributed by atoms with Gasteiger partial charge in [-0.1, -0.05) is 20.3 Å². The van der Waals surface area contributed by atoms with Crippen LogP contribution in [0.2, 0.25) is 0 Å². The predicted molar refractivity (Wildman–Crippen MR) is 85.4 cm³/mol. The fourth-order valence-corrected chi connectivity index (χ4v) is 3.61. The third-order valence-electron chi connectivity index (χ3n) is 3.87. The lowest BCUT2D eigenvalue weighted by molar-refractivity contribution is 0.0525. The lowest BCUT2D eigenvalue weighted by Crippen LogP contribution is -2.44. The van der Waals surface area contributed by atoms with Crippen LogP contribution >= 0.6 is 23.7 Å². The van der Waals surface area contributed by atoms with Gasteiger partial charge in [0.1, 0.15) is 10.7 Å². The number of piperidine rings is 1. The Morgan fingerprint density at radius 1 is 1.60 bits per heavy atom. The molecule has 0 spiro atoms. The zero-order chi connectivity index (χ0) is 13.9. The molecular weight excluding hydrogens is 294 g/mol. The Morgan fingerprint density at radius 2 is 2.35 bits per heavy atom. The van der Waals surface area contributed by atoms with Crippen LogP contribution in [-0.4, -0.2) is 28.9 Å². The highest BCUT2D eigenvalue weighted by Gasteiger charge is 2.33. The van der Waals surface area contributed by atoms with E-state index in [1.54, 1.807) is 0 Å². The summed E-state index contributed by atoms with van der Waals surface area (Å²) in [6.45, 7) is 6.62. The van der Waals surface area contributed by atoms with Gasteiger partial charge in [0.05, 0.1) is 0 Å². The molecular formula is C14H24ClN3OS. The second-order valence-corrected chi connectivity index (χ2v) is 6.66. The number of nitrogens with zero attached hydrogens (tertiary/aromatic N) is 2. The summed E-state index contributed by atoms with van der Waals surface area (Å²) in [7, 11) is 0. The van der Waals surface area contributed by atoms with Crippen molar-refractivity contribution in [1.29, 1.82) is 0 Å². The van der Waals surface area contributed by atoms with Crippen LogP contribution in [0, 0.1) is 5.41 Å². The molecule has 1 amide bonds. The third-order valence-corrected chi connectivity index (χ3v) is 4.74. The largest absolute Gasteiger partial charge is 0.337 e. The Morgan fingerprint density at radius 3 is 2.95 bits per heavy atom. The summed E-state index contributed by atoms with van der Waals surface area (Å²) < 4.78 is 0. The van der Waals surface area contributed by atoms with Gasteiger partial charge in [0.25, 0.3) is 5.91 Å². The molecule has 0 bridgehead atoms. The van der Waals surface area contributed by atoms with Crippen molar-refractivity contribution >= 4 is 29.7 Å². The topological polar surface area (TPSA) is 59.2 Å². The molecule has 1 fully saturated rings. The molecule has 1 atom stereocenters. The molecule has 1 saturated heterocycles. The average molecular weight is 318 g/mol. The van der Waals surface area contributed by atoms with Crippen molar-refractivity contribution in [3.8, 4) is 0 Å². The Bertz CT molecular complexity index is 447. The highest BCUT2D eigenvalue weighted by atomic mass is 35.5. The lowest BCUT2D eigenvalue weighted by atomic mass is 9.78. The Kier molecular flexibility index (Phi) is 6.43. The van der Waals surface area contributed by atoms with Crippen molar-refractivity contribution in [1.82, 2.24) is 9.88 Å². The second-order valence-electron chi connectivity index (χ2n) is 5.72. The van der Waals surface area contributed by atoms with Crippen LogP contribution in [0.3, 0.4) is 0 Å². The molecule has 1 aromatic rings. The molecule has 1 aromatic heterocycles. The van der Waals surface area contributed by atoms with Gasteiger partial charge in [-0.2, -0.15) is 0 Å². The summed E-state index contributed by atoms with van der Waals surface area (Å²) >= 11 is 1.47. The number of hydrogen-bond acceptors (Lipinski definition) is 4. The van der Waals surface area contributed by atoms with Crippen LogP contribution in [0.4, 0.5) is 0 Å². The maximum atomic E-state index is 12.5. The molecule has 20 heavy (non-hydrogen) atoms. The predicted octanol–water partition coefficient (Wildman–Crippen LogP) is 3.07. The molecule has 1 aliphatic rings. The van der Waals surface area contributed by atoms with Gasteiger partial charge < -0.3 is 10.6 Å². The molecule has 6 heteroatoms. The number of rotatable bonds is 4. The van der Waals surface area contributed by atoms with Crippen molar-refractivity contribution < 1.29 is 4.79 Å². The molecule has 114 valence electrons. The van der Waals surface area contributed by atoms with Crippen LogP contribution < -0.4 is 5.73 Å². The fourth-order valence-electron chi connectivity index (χ4n) is 2.96. The zero-order valence-corrected chi connectivity index (χ0v) is 13.9. The molecule has 4 nitrogen and oxygen atoms in total. The Hall–Kier alpha value is -0.650. The summed E-state index contributed by atoms with van der Waals surface area (Å²) in [4.78, 5) is 18.7. The standard InChI is InChI=1S/C14H23N3OS.ClH/c1-3-5-14(2)6-4-7-17(10-14)13(18)11-9-19-12(8-15)16-11;/h9H,3-8,10,15H2,1-2H3;1H. The quantitative estimate of drug-likeness (QED) is 0.928. The van der Waals surface area contributed by atoms with Gasteiger partial charge in [-0.05, 0) is 24.7 Å². The van der Waals surface area contributed by atoms with E-state index in [0.717, 1.165) is 24.5 Å². The minimum atomic E-state index is 0. The number of aromatic nitrogens is 1. The van der Waals surface area contributed by atoms with E-state index in [4.69, 9.17) is 5.73 Å². The lowest BCUT2D eigenvalue weighted by Gasteiger charge is -2.40. The number of likely N-dealkylation sites (tertiary alicyclic amines) is 1. The number of thiazole rings is 1. The number of nitrogens with two attached hydrogens (primary N) is 1. The number of halogens is 1. The molecule has 2 rings (SSSR count). The van der Waals surface area contributed by atoms with Crippen LogP contribution in [0.15, 0.2) is 5.38 Å². The zero-order valence-electron chi connectivity index (χ0n) is 12.2. The van der Waals surface area contributed by atoms with Gasteiger partial charge in [-0.3, -0.25) is 4.79 Å². The Balaban J connectivity index is 0.00000200. The van der Waals surface area contributed by atoms with Crippen LogP contribution in [0.5, 0.6) is 0 Å². The van der Waals surface area contributed by atoms with Crippen molar-refractivity contribution in [2.45, 2.75) is 46.1 Å². The van der Waals surface area contributed by atoms with Gasteiger partial charge in [0.2, 0.25) is 0 Å². The van der Waals surface area contributed by atoms with E-state index in [1.165, 1.54) is 30.6 Å². The second kappa shape index (κ2) is 7.38. The van der Waals surface area contributed by atoms with Crippen LogP contribution in [0.25, 0.3) is 0 Å². The molecule has 0 saturated carbocycles. The number of carbonyl (C=O) groups excluding carboxylic acids is 1. The number of carbonyl (C=O) groups is 1. The number of hydrogen-bond donors (Lipinski definition) is 1. The Labute approximate surface area is 131 Å². The molecule has 2 heterocycles. The van der Waals surface area contributed by atoms with Gasteiger partial charge >= 0.3 is 0 Å². The summed E-state index contributed by atoms with van der Waals surface area (Å²) in [5, 5.41) is 2.66. The van der Waals surface area contributed by atoms with E-state index in [2.05, 4.69) is 18.8 Å². The van der Waals surface area contributed by atoms with Crippen LogP contribution in [0.1, 0.15) is 55.0 Å². The van der Waals surface area contributed by atoms with Crippen molar-refractivity contribution in [2.24, 2.45) is 11.1 Å². The monoisotopic (exact) mass is 317 g/mol. The maximum Gasteiger partial charge on any atom is 0.273 e. The molecule has 2 N–H and O–H groups in total. The van der Waals surface area contributed by atoms with Crippen LogP contribution in [-0.2, 0) is 6.54 Å². The molecule has 0 aliphatic carbocycles. The van der Waals surface area contributed by atoms with E-state index in [1.807, 2.05) is 10.3 Å². The first kappa shape index (κ1) is 17.4.